The number of likely N-dealkylation sites (tertiary alicyclic amines) is 1. The number of nitrogens with zero attached hydrogens (tertiary/aromatic N) is 5. The lowest BCUT2D eigenvalue weighted by molar-refractivity contribution is 0.0704. The van der Waals surface area contributed by atoms with E-state index in [0.717, 1.165) is 18.4 Å². The largest absolute Gasteiger partial charge is 0.338 e. The van der Waals surface area contributed by atoms with Gasteiger partial charge in [-0.3, -0.25) is 9.59 Å². The molecule has 1 amide bonds. The molecule has 1 saturated heterocycles. The fraction of sp³-hybridized carbons (Fsp3) is 0.261. The maximum absolute atomic E-state index is 13.6. The SMILES string of the molecule is O=C(c1cccc(F)c1)N1CCC[C@@H](c2nc3c(nnn3Cc3ccccc3)c(=O)[nH]2)C1. The van der Waals surface area contributed by atoms with Gasteiger partial charge in [0.25, 0.3) is 11.5 Å². The second kappa shape index (κ2) is 8.33. The predicted molar refractivity (Wildman–Crippen MR) is 116 cm³/mol. The molecule has 1 atom stereocenters. The second-order valence-electron chi connectivity index (χ2n) is 7.96. The van der Waals surface area contributed by atoms with Crippen molar-refractivity contribution in [2.45, 2.75) is 25.3 Å². The van der Waals surface area contributed by atoms with E-state index in [-0.39, 0.29) is 22.9 Å². The Balaban J connectivity index is 1.43. The van der Waals surface area contributed by atoms with Crippen LogP contribution >= 0.6 is 0 Å². The maximum atomic E-state index is 13.6. The van der Waals surface area contributed by atoms with Crippen LogP contribution in [0, 0.1) is 5.82 Å². The van der Waals surface area contributed by atoms with Gasteiger partial charge in [-0.05, 0) is 36.6 Å². The highest BCUT2D eigenvalue weighted by atomic mass is 19.1. The van der Waals surface area contributed by atoms with Crippen LogP contribution in [0.1, 0.15) is 40.5 Å². The lowest BCUT2D eigenvalue weighted by atomic mass is 9.96. The van der Waals surface area contributed by atoms with Crippen LogP contribution in [0.5, 0.6) is 0 Å². The molecule has 0 spiro atoms. The number of fused-ring (bicyclic) bond motifs is 1. The van der Waals surface area contributed by atoms with Crippen LogP contribution in [-0.4, -0.2) is 48.9 Å². The van der Waals surface area contributed by atoms with Crippen molar-refractivity contribution < 1.29 is 9.18 Å². The third kappa shape index (κ3) is 3.89. The van der Waals surface area contributed by atoms with Crippen LogP contribution in [0.2, 0.25) is 0 Å². The van der Waals surface area contributed by atoms with Crippen molar-refractivity contribution in [1.29, 1.82) is 0 Å². The molecule has 2 aromatic heterocycles. The molecule has 162 valence electrons. The van der Waals surface area contributed by atoms with Crippen LogP contribution in [0.15, 0.2) is 59.4 Å². The predicted octanol–water partition coefficient (Wildman–Crippen LogP) is 2.72. The van der Waals surface area contributed by atoms with Crippen molar-refractivity contribution in [1.82, 2.24) is 29.9 Å². The Kier molecular flexibility index (Phi) is 5.22. The van der Waals surface area contributed by atoms with E-state index < -0.39 is 5.82 Å². The van der Waals surface area contributed by atoms with Crippen molar-refractivity contribution in [2.24, 2.45) is 0 Å². The number of halogens is 1. The number of carbonyl (C=O) groups is 1. The van der Waals surface area contributed by atoms with Gasteiger partial charge in [0.05, 0.1) is 6.54 Å². The molecule has 0 saturated carbocycles. The first kappa shape index (κ1) is 20.0. The minimum Gasteiger partial charge on any atom is -0.338 e. The van der Waals surface area contributed by atoms with Gasteiger partial charge in [0.15, 0.2) is 11.2 Å². The monoisotopic (exact) mass is 432 g/mol. The number of aromatic amines is 1. The molecule has 3 heterocycles. The summed E-state index contributed by atoms with van der Waals surface area (Å²) in [6.45, 7) is 1.41. The molecule has 0 radical (unpaired) electrons. The first-order chi connectivity index (χ1) is 15.6. The zero-order valence-corrected chi connectivity index (χ0v) is 17.2. The molecular formula is C23H21FN6O2. The molecule has 9 heteroatoms. The quantitative estimate of drug-likeness (QED) is 0.535. The Hall–Kier alpha value is -3.88. The van der Waals surface area contributed by atoms with Crippen LogP contribution in [-0.2, 0) is 6.54 Å². The van der Waals surface area contributed by atoms with E-state index in [9.17, 15) is 14.0 Å². The maximum Gasteiger partial charge on any atom is 0.281 e. The Morgan fingerprint density at radius 2 is 2.00 bits per heavy atom. The van der Waals surface area contributed by atoms with Gasteiger partial charge < -0.3 is 9.88 Å². The number of benzene rings is 2. The van der Waals surface area contributed by atoms with Gasteiger partial charge in [-0.15, -0.1) is 5.10 Å². The number of hydrogen-bond acceptors (Lipinski definition) is 5. The molecule has 8 nitrogen and oxygen atoms in total. The van der Waals surface area contributed by atoms with E-state index in [1.165, 1.54) is 18.2 Å². The number of carbonyl (C=O) groups excluding carboxylic acids is 1. The topological polar surface area (TPSA) is 96.8 Å². The molecule has 0 aliphatic carbocycles. The second-order valence-corrected chi connectivity index (χ2v) is 7.96. The van der Waals surface area contributed by atoms with E-state index in [2.05, 4.69) is 20.3 Å². The standard InChI is InChI=1S/C23H21FN6O2/c24-18-10-4-8-16(12-18)23(32)29-11-5-9-17(14-29)20-25-21-19(22(31)26-20)27-28-30(21)13-15-6-2-1-3-7-15/h1-4,6-8,10,12,17H,5,9,11,13-14H2,(H,25,26,31)/t17-/m1/s1. The van der Waals surface area contributed by atoms with Gasteiger partial charge in [-0.1, -0.05) is 41.6 Å². The van der Waals surface area contributed by atoms with Crippen molar-refractivity contribution in [3.8, 4) is 0 Å². The molecule has 4 aromatic rings. The molecule has 1 N–H and O–H groups in total. The van der Waals surface area contributed by atoms with Crippen molar-refractivity contribution >= 4 is 17.1 Å². The summed E-state index contributed by atoms with van der Waals surface area (Å²) in [6.07, 6.45) is 1.54. The summed E-state index contributed by atoms with van der Waals surface area (Å²) in [5, 5.41) is 8.11. The third-order valence-corrected chi connectivity index (χ3v) is 5.73. The van der Waals surface area contributed by atoms with Gasteiger partial charge >= 0.3 is 0 Å². The van der Waals surface area contributed by atoms with Crippen molar-refractivity contribution in [3.05, 3.63) is 87.7 Å². The Morgan fingerprint density at radius 1 is 1.16 bits per heavy atom. The summed E-state index contributed by atoms with van der Waals surface area (Å²) in [4.78, 5) is 34.7. The number of nitrogens with one attached hydrogen (secondary N) is 1. The highest BCUT2D eigenvalue weighted by Crippen LogP contribution is 2.26. The summed E-state index contributed by atoms with van der Waals surface area (Å²) < 4.78 is 15.2. The molecule has 0 unspecified atom stereocenters. The number of rotatable bonds is 4. The van der Waals surface area contributed by atoms with Crippen LogP contribution in [0.3, 0.4) is 0 Å². The number of amides is 1. The van der Waals surface area contributed by atoms with Gasteiger partial charge in [-0.2, -0.15) is 0 Å². The number of H-pyrrole nitrogens is 1. The first-order valence-electron chi connectivity index (χ1n) is 10.5. The van der Waals surface area contributed by atoms with Gasteiger partial charge in [-0.25, -0.2) is 14.1 Å². The lowest BCUT2D eigenvalue weighted by Crippen LogP contribution is -2.40. The Labute approximate surface area is 182 Å². The summed E-state index contributed by atoms with van der Waals surface area (Å²) in [5.74, 6) is -0.303. The minimum absolute atomic E-state index is 0.140. The highest BCUT2D eigenvalue weighted by molar-refractivity contribution is 5.94. The molecule has 1 fully saturated rings. The minimum atomic E-state index is -0.444. The molecule has 1 aliphatic heterocycles. The highest BCUT2D eigenvalue weighted by Gasteiger charge is 2.28. The Bertz CT molecular complexity index is 1330. The number of piperidine rings is 1. The lowest BCUT2D eigenvalue weighted by Gasteiger charge is -2.32. The molecule has 5 rings (SSSR count). The van der Waals surface area contributed by atoms with Crippen LogP contribution in [0.25, 0.3) is 11.2 Å². The summed E-state index contributed by atoms with van der Waals surface area (Å²) in [6, 6.07) is 15.4. The molecular weight excluding hydrogens is 411 g/mol. The normalized spacial score (nSPS) is 16.4. The van der Waals surface area contributed by atoms with Gasteiger partial charge in [0.1, 0.15) is 11.6 Å². The van der Waals surface area contributed by atoms with E-state index >= 15 is 0 Å². The fourth-order valence-electron chi connectivity index (χ4n) is 4.13. The van der Waals surface area contributed by atoms with E-state index in [0.29, 0.717) is 36.7 Å². The molecule has 2 aromatic carbocycles. The number of aromatic nitrogens is 5. The van der Waals surface area contributed by atoms with Crippen molar-refractivity contribution in [2.75, 3.05) is 13.1 Å². The average Bonchev–Trinajstić information content (AvgIpc) is 3.22. The molecule has 1 aliphatic rings. The zero-order valence-electron chi connectivity index (χ0n) is 17.2. The van der Waals surface area contributed by atoms with Crippen molar-refractivity contribution in [3.63, 3.8) is 0 Å². The van der Waals surface area contributed by atoms with Crippen LogP contribution < -0.4 is 5.56 Å². The molecule has 32 heavy (non-hydrogen) atoms. The zero-order chi connectivity index (χ0) is 22.1. The average molecular weight is 432 g/mol. The Morgan fingerprint density at radius 3 is 2.81 bits per heavy atom. The van der Waals surface area contributed by atoms with Crippen LogP contribution in [0.4, 0.5) is 4.39 Å². The van der Waals surface area contributed by atoms with E-state index in [1.54, 1.807) is 15.6 Å². The first-order valence-corrected chi connectivity index (χ1v) is 10.5. The van der Waals surface area contributed by atoms with E-state index in [1.807, 2.05) is 30.3 Å². The molecule has 0 bridgehead atoms. The summed E-state index contributed by atoms with van der Waals surface area (Å²) in [7, 11) is 0. The summed E-state index contributed by atoms with van der Waals surface area (Å²) >= 11 is 0. The third-order valence-electron chi connectivity index (χ3n) is 5.73. The summed E-state index contributed by atoms with van der Waals surface area (Å²) in [5.41, 5.74) is 1.59. The van der Waals surface area contributed by atoms with Gasteiger partial charge in [0.2, 0.25) is 0 Å². The van der Waals surface area contributed by atoms with Gasteiger partial charge in [0, 0.05) is 24.6 Å². The van der Waals surface area contributed by atoms with E-state index in [4.69, 9.17) is 0 Å². The number of hydrogen-bond donors (Lipinski definition) is 1. The fourth-order valence-corrected chi connectivity index (χ4v) is 4.13. The smallest absolute Gasteiger partial charge is 0.281 e.